The van der Waals surface area contributed by atoms with Gasteiger partial charge >= 0.3 is 5.97 Å². The third kappa shape index (κ3) is 3.27. The second-order valence-corrected chi connectivity index (χ2v) is 4.61. The summed E-state index contributed by atoms with van der Waals surface area (Å²) in [6.45, 7) is 5.17. The van der Waals surface area contributed by atoms with Crippen molar-refractivity contribution in [2.24, 2.45) is 0 Å². The molecule has 0 aliphatic carbocycles. The molecule has 0 aromatic carbocycles. The SMILES string of the molecule is COC(=O)c1ccc(CN2CCN(C)CC2)nc1. The molecule has 1 aliphatic heterocycles. The van der Waals surface area contributed by atoms with E-state index >= 15 is 0 Å². The number of hydrogen-bond acceptors (Lipinski definition) is 5. The van der Waals surface area contributed by atoms with E-state index in [0.29, 0.717) is 5.56 Å². The summed E-state index contributed by atoms with van der Waals surface area (Å²) in [6.07, 6.45) is 1.58. The molecule has 2 heterocycles. The van der Waals surface area contributed by atoms with Gasteiger partial charge in [0.15, 0.2) is 0 Å². The molecule has 1 saturated heterocycles. The van der Waals surface area contributed by atoms with Crippen LogP contribution in [-0.4, -0.2) is 61.1 Å². The van der Waals surface area contributed by atoms with Gasteiger partial charge in [-0.25, -0.2) is 4.79 Å². The molecule has 2 rings (SSSR count). The van der Waals surface area contributed by atoms with Crippen molar-refractivity contribution in [1.29, 1.82) is 0 Å². The summed E-state index contributed by atoms with van der Waals surface area (Å²) in [5, 5.41) is 0. The van der Waals surface area contributed by atoms with Crippen molar-refractivity contribution >= 4 is 5.97 Å². The van der Waals surface area contributed by atoms with Crippen molar-refractivity contribution in [3.05, 3.63) is 29.6 Å². The van der Waals surface area contributed by atoms with Crippen molar-refractivity contribution < 1.29 is 9.53 Å². The summed E-state index contributed by atoms with van der Waals surface area (Å²) in [4.78, 5) is 20.3. The van der Waals surface area contributed by atoms with Gasteiger partial charge in [-0.1, -0.05) is 0 Å². The lowest BCUT2D eigenvalue weighted by atomic mass is 10.2. The number of ether oxygens (including phenoxy) is 1. The molecule has 0 amide bonds. The topological polar surface area (TPSA) is 45.7 Å². The molecule has 1 aromatic rings. The summed E-state index contributed by atoms with van der Waals surface area (Å²) < 4.78 is 4.64. The molecule has 5 heteroatoms. The third-order valence-corrected chi connectivity index (χ3v) is 3.23. The average molecular weight is 249 g/mol. The second-order valence-electron chi connectivity index (χ2n) is 4.61. The summed E-state index contributed by atoms with van der Waals surface area (Å²) in [5.74, 6) is -0.339. The first-order chi connectivity index (χ1) is 8.69. The number of esters is 1. The highest BCUT2D eigenvalue weighted by atomic mass is 16.5. The molecule has 0 radical (unpaired) electrons. The minimum absolute atomic E-state index is 0.339. The van der Waals surface area contributed by atoms with Crippen LogP contribution in [0.4, 0.5) is 0 Å². The van der Waals surface area contributed by atoms with Crippen LogP contribution >= 0.6 is 0 Å². The Morgan fingerprint density at radius 1 is 1.33 bits per heavy atom. The molecule has 1 aliphatic rings. The molecule has 1 fully saturated rings. The van der Waals surface area contributed by atoms with Crippen molar-refractivity contribution in [2.45, 2.75) is 6.54 Å². The molecule has 1 aromatic heterocycles. The molecule has 0 saturated carbocycles. The highest BCUT2D eigenvalue weighted by Gasteiger charge is 2.14. The molecule has 18 heavy (non-hydrogen) atoms. The number of likely N-dealkylation sites (N-methyl/N-ethyl adjacent to an activating group) is 1. The lowest BCUT2D eigenvalue weighted by molar-refractivity contribution is 0.0600. The molecule has 0 unspecified atom stereocenters. The molecule has 98 valence electrons. The highest BCUT2D eigenvalue weighted by Crippen LogP contribution is 2.07. The van der Waals surface area contributed by atoms with Gasteiger partial charge in [0.05, 0.1) is 18.4 Å². The minimum Gasteiger partial charge on any atom is -0.465 e. The molecule has 0 spiro atoms. The first kappa shape index (κ1) is 13.0. The fraction of sp³-hybridized carbons (Fsp3) is 0.538. The Morgan fingerprint density at radius 2 is 2.06 bits per heavy atom. The van der Waals surface area contributed by atoms with E-state index in [4.69, 9.17) is 0 Å². The van der Waals surface area contributed by atoms with E-state index in [9.17, 15) is 4.79 Å². The van der Waals surface area contributed by atoms with E-state index in [-0.39, 0.29) is 5.97 Å². The molecule has 5 nitrogen and oxygen atoms in total. The van der Waals surface area contributed by atoms with Crippen molar-refractivity contribution in [1.82, 2.24) is 14.8 Å². The Bertz CT molecular complexity index is 397. The zero-order valence-electron chi connectivity index (χ0n) is 10.9. The van der Waals surface area contributed by atoms with E-state index in [1.807, 2.05) is 6.07 Å². The van der Waals surface area contributed by atoms with Crippen LogP contribution in [0.15, 0.2) is 18.3 Å². The van der Waals surface area contributed by atoms with Crippen LogP contribution in [0.25, 0.3) is 0 Å². The maximum absolute atomic E-state index is 11.3. The molecular weight excluding hydrogens is 230 g/mol. The normalized spacial score (nSPS) is 17.7. The van der Waals surface area contributed by atoms with Gasteiger partial charge < -0.3 is 9.64 Å². The molecule has 0 atom stereocenters. The first-order valence-electron chi connectivity index (χ1n) is 6.13. The first-order valence-corrected chi connectivity index (χ1v) is 6.13. The number of nitrogens with zero attached hydrogens (tertiary/aromatic N) is 3. The van der Waals surface area contributed by atoms with Gasteiger partial charge in [-0.05, 0) is 19.2 Å². The van der Waals surface area contributed by atoms with Gasteiger partial charge in [-0.3, -0.25) is 9.88 Å². The van der Waals surface area contributed by atoms with Crippen LogP contribution in [0, 0.1) is 0 Å². The van der Waals surface area contributed by atoms with E-state index in [1.54, 1.807) is 12.3 Å². The lowest BCUT2D eigenvalue weighted by Crippen LogP contribution is -2.44. The van der Waals surface area contributed by atoms with Gasteiger partial charge in [-0.15, -0.1) is 0 Å². The van der Waals surface area contributed by atoms with Crippen molar-refractivity contribution in [2.75, 3.05) is 40.3 Å². The molecular formula is C13H19N3O2. The van der Waals surface area contributed by atoms with Crippen LogP contribution in [0.1, 0.15) is 16.1 Å². The largest absolute Gasteiger partial charge is 0.465 e. The van der Waals surface area contributed by atoms with E-state index in [0.717, 1.165) is 38.4 Å². The van der Waals surface area contributed by atoms with Crippen LogP contribution in [0.5, 0.6) is 0 Å². The smallest absolute Gasteiger partial charge is 0.339 e. The van der Waals surface area contributed by atoms with Crippen LogP contribution in [0.3, 0.4) is 0 Å². The number of methoxy groups -OCH3 is 1. The standard InChI is InChI=1S/C13H19N3O2/c1-15-5-7-16(8-6-15)10-12-4-3-11(9-14-12)13(17)18-2/h3-4,9H,5-8,10H2,1-2H3. The zero-order valence-corrected chi connectivity index (χ0v) is 10.9. The van der Waals surface area contributed by atoms with Crippen LogP contribution < -0.4 is 0 Å². The fourth-order valence-corrected chi connectivity index (χ4v) is 1.99. The summed E-state index contributed by atoms with van der Waals surface area (Å²) in [7, 11) is 3.52. The predicted octanol–water partition coefficient (Wildman–Crippen LogP) is 0.616. The molecule has 0 bridgehead atoms. The Kier molecular flexibility index (Phi) is 4.28. The summed E-state index contributed by atoms with van der Waals surface area (Å²) in [6, 6.07) is 3.66. The van der Waals surface area contributed by atoms with Crippen LogP contribution in [0.2, 0.25) is 0 Å². The Labute approximate surface area is 107 Å². The Balaban J connectivity index is 1.92. The maximum atomic E-state index is 11.3. The Hall–Kier alpha value is -1.46. The van der Waals surface area contributed by atoms with E-state index in [1.165, 1.54) is 7.11 Å². The third-order valence-electron chi connectivity index (χ3n) is 3.23. The number of carbonyl (C=O) groups is 1. The number of pyridine rings is 1. The Morgan fingerprint density at radius 3 is 2.61 bits per heavy atom. The van der Waals surface area contributed by atoms with Gasteiger partial charge in [0, 0.05) is 38.9 Å². The number of rotatable bonds is 3. The highest BCUT2D eigenvalue weighted by molar-refractivity contribution is 5.88. The van der Waals surface area contributed by atoms with Gasteiger partial charge in [0.25, 0.3) is 0 Å². The molecule has 0 N–H and O–H groups in total. The van der Waals surface area contributed by atoms with Gasteiger partial charge in [-0.2, -0.15) is 0 Å². The number of carbonyl (C=O) groups excluding carboxylic acids is 1. The average Bonchev–Trinajstić information content (AvgIpc) is 2.41. The second kappa shape index (κ2) is 5.93. The van der Waals surface area contributed by atoms with Gasteiger partial charge in [0.1, 0.15) is 0 Å². The quantitative estimate of drug-likeness (QED) is 0.735. The maximum Gasteiger partial charge on any atom is 0.339 e. The zero-order chi connectivity index (χ0) is 13.0. The minimum atomic E-state index is -0.339. The number of aromatic nitrogens is 1. The fourth-order valence-electron chi connectivity index (χ4n) is 1.99. The van der Waals surface area contributed by atoms with Crippen LogP contribution in [-0.2, 0) is 11.3 Å². The lowest BCUT2D eigenvalue weighted by Gasteiger charge is -2.32. The van der Waals surface area contributed by atoms with Crippen molar-refractivity contribution in [3.8, 4) is 0 Å². The van der Waals surface area contributed by atoms with E-state index < -0.39 is 0 Å². The summed E-state index contributed by atoms with van der Waals surface area (Å²) >= 11 is 0. The predicted molar refractivity (Wildman–Crippen MR) is 68.4 cm³/mol. The van der Waals surface area contributed by atoms with E-state index in [2.05, 4.69) is 26.6 Å². The monoisotopic (exact) mass is 249 g/mol. The number of hydrogen-bond donors (Lipinski definition) is 0. The van der Waals surface area contributed by atoms with Crippen molar-refractivity contribution in [3.63, 3.8) is 0 Å². The summed E-state index contributed by atoms with van der Waals surface area (Å²) in [5.41, 5.74) is 1.49. The number of piperazine rings is 1. The van der Waals surface area contributed by atoms with Gasteiger partial charge in [0.2, 0.25) is 0 Å².